The van der Waals surface area contributed by atoms with Gasteiger partial charge in [0.15, 0.2) is 16.6 Å². The van der Waals surface area contributed by atoms with Crippen molar-refractivity contribution in [2.24, 2.45) is 0 Å². The molecule has 1 aromatic carbocycles. The van der Waals surface area contributed by atoms with E-state index in [1.807, 2.05) is 12.1 Å². The van der Waals surface area contributed by atoms with Crippen molar-refractivity contribution < 1.29 is 24.5 Å². The third-order valence-electron chi connectivity index (χ3n) is 5.58. The number of aliphatic hydroxyl groups excluding tert-OH is 1. The second-order valence-electron chi connectivity index (χ2n) is 7.79. The van der Waals surface area contributed by atoms with Crippen LogP contribution in [0.25, 0.3) is 10.9 Å². The third kappa shape index (κ3) is 5.67. The topological polar surface area (TPSA) is 130 Å². The normalized spacial score (nSPS) is 16.2. The van der Waals surface area contributed by atoms with Gasteiger partial charge in [-0.1, -0.05) is 0 Å². The number of carboxylic acid groups (broad SMARTS) is 1. The number of likely N-dealkylation sites (tertiary alicyclic amines) is 1. The van der Waals surface area contributed by atoms with Crippen molar-refractivity contribution >= 4 is 39.2 Å². The Labute approximate surface area is 195 Å². The van der Waals surface area contributed by atoms with E-state index in [0.29, 0.717) is 39.4 Å². The van der Waals surface area contributed by atoms with Crippen LogP contribution in [0.1, 0.15) is 24.1 Å². The molecule has 1 fully saturated rings. The molecule has 2 aromatic heterocycles. The van der Waals surface area contributed by atoms with Crippen LogP contribution in [0.15, 0.2) is 24.7 Å². The molecule has 0 saturated carbocycles. The molecule has 11 heteroatoms. The zero-order valence-electron chi connectivity index (χ0n) is 18.4. The summed E-state index contributed by atoms with van der Waals surface area (Å²) in [7, 11) is 1.58. The first-order chi connectivity index (χ1) is 16.1. The summed E-state index contributed by atoms with van der Waals surface area (Å²) in [5, 5.41) is 22.8. The SMILES string of the molecule is COc1cc2c(Nc3ncc(CC(=O)O)s3)ncnc2cc1OCCCN1CCC[C@H]1CO. The monoisotopic (exact) mass is 473 g/mol. The van der Waals surface area contributed by atoms with Gasteiger partial charge in [0.2, 0.25) is 0 Å². The van der Waals surface area contributed by atoms with Gasteiger partial charge in [0.05, 0.1) is 32.3 Å². The number of hydrogen-bond donors (Lipinski definition) is 3. The molecular formula is C22H27N5O5S. The Morgan fingerprint density at radius 2 is 2.18 bits per heavy atom. The fourth-order valence-electron chi connectivity index (χ4n) is 3.98. The van der Waals surface area contributed by atoms with Crippen molar-refractivity contribution in [2.45, 2.75) is 31.7 Å². The van der Waals surface area contributed by atoms with Crippen molar-refractivity contribution in [3.8, 4) is 11.5 Å². The van der Waals surface area contributed by atoms with Gasteiger partial charge in [0.25, 0.3) is 0 Å². The van der Waals surface area contributed by atoms with Crippen molar-refractivity contribution in [1.82, 2.24) is 19.9 Å². The molecule has 33 heavy (non-hydrogen) atoms. The molecule has 1 saturated heterocycles. The number of nitrogens with one attached hydrogen (secondary N) is 1. The van der Waals surface area contributed by atoms with Crippen molar-refractivity contribution in [2.75, 3.05) is 38.7 Å². The zero-order valence-corrected chi connectivity index (χ0v) is 19.2. The molecule has 0 bridgehead atoms. The van der Waals surface area contributed by atoms with Crippen LogP contribution in [0, 0.1) is 0 Å². The molecule has 3 N–H and O–H groups in total. The number of aliphatic hydroxyl groups is 1. The predicted molar refractivity (Wildman–Crippen MR) is 125 cm³/mol. The largest absolute Gasteiger partial charge is 0.493 e. The number of methoxy groups -OCH3 is 1. The molecule has 176 valence electrons. The minimum absolute atomic E-state index is 0.0726. The molecule has 4 rings (SSSR count). The van der Waals surface area contributed by atoms with Gasteiger partial charge >= 0.3 is 5.97 Å². The third-order valence-corrected chi connectivity index (χ3v) is 6.49. The Morgan fingerprint density at radius 3 is 2.97 bits per heavy atom. The maximum atomic E-state index is 10.9. The van der Waals surface area contributed by atoms with E-state index in [1.54, 1.807) is 13.3 Å². The Kier molecular flexibility index (Phi) is 7.53. The maximum absolute atomic E-state index is 10.9. The molecule has 1 aliphatic heterocycles. The number of nitrogens with zero attached hydrogens (tertiary/aromatic N) is 4. The van der Waals surface area contributed by atoms with Gasteiger partial charge in [-0.25, -0.2) is 15.0 Å². The van der Waals surface area contributed by atoms with Crippen molar-refractivity contribution in [3.05, 3.63) is 29.5 Å². The predicted octanol–water partition coefficient (Wildman–Crippen LogP) is 2.69. The average Bonchev–Trinajstić information content (AvgIpc) is 3.44. The molecule has 1 atom stereocenters. The van der Waals surface area contributed by atoms with E-state index in [1.165, 1.54) is 17.7 Å². The average molecular weight is 474 g/mol. The highest BCUT2D eigenvalue weighted by atomic mass is 32.1. The lowest BCUT2D eigenvalue weighted by atomic mass is 10.2. The van der Waals surface area contributed by atoms with E-state index in [4.69, 9.17) is 14.6 Å². The minimum atomic E-state index is -0.899. The molecule has 3 heterocycles. The molecule has 0 aliphatic carbocycles. The van der Waals surface area contributed by atoms with Crippen molar-refractivity contribution in [3.63, 3.8) is 0 Å². The number of benzene rings is 1. The Balaban J connectivity index is 1.45. The van der Waals surface area contributed by atoms with Crippen LogP contribution in [0.2, 0.25) is 0 Å². The standard InChI is InChI=1S/C22H27N5O5S/c1-31-18-9-16-17(10-19(18)32-7-3-6-27-5-2-4-14(27)12-28)24-13-25-21(16)26-22-23-11-15(33-22)8-20(29)30/h9-11,13-14,28H,2-8,12H2,1H3,(H,29,30)(H,23,24,25,26)/t14-/m0/s1. The second kappa shape index (κ2) is 10.7. The summed E-state index contributed by atoms with van der Waals surface area (Å²) in [5.74, 6) is 0.821. The van der Waals surface area contributed by atoms with E-state index in [0.717, 1.165) is 37.7 Å². The van der Waals surface area contributed by atoms with Gasteiger partial charge in [0.1, 0.15) is 12.1 Å². The number of carboxylic acids is 1. The minimum Gasteiger partial charge on any atom is -0.493 e. The van der Waals surface area contributed by atoms with Crippen LogP contribution < -0.4 is 14.8 Å². The first kappa shape index (κ1) is 23.1. The van der Waals surface area contributed by atoms with Gasteiger partial charge < -0.3 is 25.0 Å². The summed E-state index contributed by atoms with van der Waals surface area (Å²) in [4.78, 5) is 26.8. The number of aromatic nitrogens is 3. The summed E-state index contributed by atoms with van der Waals surface area (Å²) in [6, 6.07) is 3.91. The number of aliphatic carboxylic acids is 1. The Morgan fingerprint density at radius 1 is 1.30 bits per heavy atom. The van der Waals surface area contributed by atoms with Crippen LogP contribution >= 0.6 is 11.3 Å². The first-order valence-electron chi connectivity index (χ1n) is 10.8. The van der Waals surface area contributed by atoms with Crippen LogP contribution in [0.5, 0.6) is 11.5 Å². The molecule has 0 spiro atoms. The second-order valence-corrected chi connectivity index (χ2v) is 8.90. The lowest BCUT2D eigenvalue weighted by molar-refractivity contribution is -0.136. The fraction of sp³-hybridized carbons (Fsp3) is 0.455. The quantitative estimate of drug-likeness (QED) is 0.357. The lowest BCUT2D eigenvalue weighted by Crippen LogP contribution is -2.33. The molecule has 0 amide bonds. The number of carbonyl (C=O) groups is 1. The highest BCUT2D eigenvalue weighted by molar-refractivity contribution is 7.15. The van der Waals surface area contributed by atoms with E-state index in [2.05, 4.69) is 25.2 Å². The number of fused-ring (bicyclic) bond motifs is 1. The van der Waals surface area contributed by atoms with Crippen LogP contribution in [0.3, 0.4) is 0 Å². The van der Waals surface area contributed by atoms with Crippen LogP contribution in [-0.2, 0) is 11.2 Å². The summed E-state index contributed by atoms with van der Waals surface area (Å²) < 4.78 is 11.5. The zero-order chi connectivity index (χ0) is 23.2. The maximum Gasteiger partial charge on any atom is 0.308 e. The molecule has 0 radical (unpaired) electrons. The smallest absolute Gasteiger partial charge is 0.308 e. The molecule has 1 aliphatic rings. The highest BCUT2D eigenvalue weighted by Gasteiger charge is 2.23. The molecule has 10 nitrogen and oxygen atoms in total. The van der Waals surface area contributed by atoms with Gasteiger partial charge in [-0.15, -0.1) is 11.3 Å². The van der Waals surface area contributed by atoms with Crippen LogP contribution in [0.4, 0.5) is 10.9 Å². The lowest BCUT2D eigenvalue weighted by Gasteiger charge is -2.22. The number of rotatable bonds is 11. The number of hydrogen-bond acceptors (Lipinski definition) is 10. The summed E-state index contributed by atoms with van der Waals surface area (Å²) in [5.41, 5.74) is 0.686. The fourth-order valence-corrected chi connectivity index (χ4v) is 4.78. The van der Waals surface area contributed by atoms with Crippen LogP contribution in [-0.4, -0.2) is 75.5 Å². The van der Waals surface area contributed by atoms with E-state index >= 15 is 0 Å². The van der Waals surface area contributed by atoms with E-state index < -0.39 is 5.97 Å². The summed E-state index contributed by atoms with van der Waals surface area (Å²) in [6.07, 6.45) is 5.95. The molecular weight excluding hydrogens is 446 g/mol. The Bertz CT molecular complexity index is 1110. The summed E-state index contributed by atoms with van der Waals surface area (Å²) >= 11 is 1.26. The van der Waals surface area contributed by atoms with Gasteiger partial charge in [-0.3, -0.25) is 9.69 Å². The molecule has 3 aromatic rings. The van der Waals surface area contributed by atoms with Gasteiger partial charge in [0, 0.05) is 35.1 Å². The number of anilines is 2. The Hall–Kier alpha value is -3.02. The number of thiazole rings is 1. The van der Waals surface area contributed by atoms with Gasteiger partial charge in [-0.2, -0.15) is 0 Å². The first-order valence-corrected chi connectivity index (χ1v) is 11.6. The highest BCUT2D eigenvalue weighted by Crippen LogP contribution is 2.35. The van der Waals surface area contributed by atoms with E-state index in [9.17, 15) is 9.90 Å². The summed E-state index contributed by atoms with van der Waals surface area (Å²) in [6.45, 7) is 2.64. The van der Waals surface area contributed by atoms with Crippen molar-refractivity contribution in [1.29, 1.82) is 0 Å². The van der Waals surface area contributed by atoms with Gasteiger partial charge in [-0.05, 0) is 31.9 Å². The van der Waals surface area contributed by atoms with E-state index in [-0.39, 0.29) is 19.1 Å². The molecule has 0 unspecified atom stereocenters. The number of ether oxygens (including phenoxy) is 2.